The van der Waals surface area contributed by atoms with Gasteiger partial charge in [0, 0.05) is 11.3 Å². The van der Waals surface area contributed by atoms with Gasteiger partial charge in [0.1, 0.15) is 37.1 Å². The van der Waals surface area contributed by atoms with E-state index in [9.17, 15) is 9.59 Å². The Balaban J connectivity index is 1.91. The molecule has 176 valence electrons. The number of allylic oxidation sites excluding steroid dienone is 1. The number of dihydropyridines is 1. The van der Waals surface area contributed by atoms with Crippen LogP contribution in [0.5, 0.6) is 11.5 Å². The van der Waals surface area contributed by atoms with E-state index in [-0.39, 0.29) is 36.8 Å². The normalized spacial score (nSPS) is 15.1. The molecule has 1 aliphatic heterocycles. The van der Waals surface area contributed by atoms with E-state index in [4.69, 9.17) is 31.1 Å². The molecule has 0 saturated heterocycles. The summed E-state index contributed by atoms with van der Waals surface area (Å²) in [4.78, 5) is 25.9. The summed E-state index contributed by atoms with van der Waals surface area (Å²) < 4.78 is 21.7. The first-order valence-corrected chi connectivity index (χ1v) is 10.5. The van der Waals surface area contributed by atoms with Crippen LogP contribution in [0.15, 0.2) is 77.3 Å². The highest BCUT2D eigenvalue weighted by Crippen LogP contribution is 2.42. The third-order valence-corrected chi connectivity index (χ3v) is 5.09. The van der Waals surface area contributed by atoms with E-state index in [1.54, 1.807) is 43.3 Å². The van der Waals surface area contributed by atoms with Crippen molar-refractivity contribution < 1.29 is 28.5 Å². The van der Waals surface area contributed by atoms with Gasteiger partial charge in [-0.3, -0.25) is 0 Å². The highest BCUT2D eigenvalue weighted by Gasteiger charge is 2.39. The second-order valence-electron chi connectivity index (χ2n) is 7.24. The lowest BCUT2D eigenvalue weighted by molar-refractivity contribution is -0.140. The van der Waals surface area contributed by atoms with E-state index in [2.05, 4.69) is 11.2 Å². The molecule has 1 atom stereocenters. The number of carbonyl (C=O) groups is 2. The average molecular weight is 463 g/mol. The van der Waals surface area contributed by atoms with Crippen molar-refractivity contribution in [3.05, 3.63) is 82.8 Å². The number of nitrogens with one attached hydrogen (secondary N) is 1. The first-order valence-electron chi connectivity index (χ1n) is 10.5. The quantitative estimate of drug-likeness (QED) is 0.333. The Morgan fingerprint density at radius 2 is 1.71 bits per heavy atom. The standard InChI is InChI=1S/C26H26N2O6/c1-4-14-33-20-13-9-8-12-19(20)22-21(17(2)28-24(27)23(22)25(29)31-3)26(30)34-16-15-32-18-10-6-5-7-11-18/h1,5-13,22,28H,14-16,27H2,2-3H3. The van der Waals surface area contributed by atoms with Crippen molar-refractivity contribution in [2.45, 2.75) is 12.8 Å². The maximum atomic E-state index is 13.2. The largest absolute Gasteiger partial charge is 0.490 e. The van der Waals surface area contributed by atoms with Gasteiger partial charge in [-0.2, -0.15) is 0 Å². The first-order chi connectivity index (χ1) is 16.5. The first kappa shape index (κ1) is 24.3. The Labute approximate surface area is 198 Å². The smallest absolute Gasteiger partial charge is 0.338 e. The van der Waals surface area contributed by atoms with Crippen molar-refractivity contribution in [1.29, 1.82) is 0 Å². The maximum Gasteiger partial charge on any atom is 0.338 e. The highest BCUT2D eigenvalue weighted by molar-refractivity contribution is 6.00. The summed E-state index contributed by atoms with van der Waals surface area (Å²) in [6.07, 6.45) is 5.35. The molecule has 8 heteroatoms. The van der Waals surface area contributed by atoms with Crippen LogP contribution in [0.4, 0.5) is 0 Å². The Morgan fingerprint density at radius 3 is 2.41 bits per heavy atom. The number of esters is 2. The van der Waals surface area contributed by atoms with Crippen LogP contribution in [0, 0.1) is 12.3 Å². The average Bonchev–Trinajstić information content (AvgIpc) is 2.85. The van der Waals surface area contributed by atoms with Crippen molar-refractivity contribution in [2.24, 2.45) is 5.73 Å². The zero-order valence-electron chi connectivity index (χ0n) is 19.0. The Kier molecular flexibility index (Phi) is 8.19. The minimum Gasteiger partial charge on any atom is -0.490 e. The molecule has 0 saturated carbocycles. The molecular weight excluding hydrogens is 436 g/mol. The summed E-state index contributed by atoms with van der Waals surface area (Å²) >= 11 is 0. The molecule has 1 aliphatic rings. The van der Waals surface area contributed by atoms with Crippen LogP contribution in [0.3, 0.4) is 0 Å². The third-order valence-electron chi connectivity index (χ3n) is 5.09. The predicted molar refractivity (Wildman–Crippen MR) is 125 cm³/mol. The molecular formula is C26H26N2O6. The molecule has 34 heavy (non-hydrogen) atoms. The van der Waals surface area contributed by atoms with Gasteiger partial charge in [-0.25, -0.2) is 9.59 Å². The molecule has 3 rings (SSSR count). The SMILES string of the molecule is C#CCOc1ccccc1C1C(C(=O)OCCOc2ccccc2)=C(C)NC(N)=C1C(=O)OC. The van der Waals surface area contributed by atoms with Crippen LogP contribution in [0.25, 0.3) is 0 Å². The van der Waals surface area contributed by atoms with Crippen molar-refractivity contribution in [3.8, 4) is 23.8 Å². The topological polar surface area (TPSA) is 109 Å². The lowest BCUT2D eigenvalue weighted by Crippen LogP contribution is -2.36. The van der Waals surface area contributed by atoms with E-state index >= 15 is 0 Å². The van der Waals surface area contributed by atoms with E-state index in [0.29, 0.717) is 22.8 Å². The fourth-order valence-corrected chi connectivity index (χ4v) is 3.63. The molecule has 2 aromatic carbocycles. The molecule has 0 aliphatic carbocycles. The van der Waals surface area contributed by atoms with Gasteiger partial charge in [0.15, 0.2) is 0 Å². The highest BCUT2D eigenvalue weighted by atomic mass is 16.6. The van der Waals surface area contributed by atoms with Gasteiger partial charge >= 0.3 is 11.9 Å². The molecule has 0 amide bonds. The summed E-state index contributed by atoms with van der Waals surface area (Å²) in [5.74, 6) is 1.34. The Hall–Kier alpha value is -4.38. The third kappa shape index (κ3) is 5.51. The molecule has 8 nitrogen and oxygen atoms in total. The fraction of sp³-hybridized carbons (Fsp3) is 0.231. The van der Waals surface area contributed by atoms with Crippen LogP contribution in [0.2, 0.25) is 0 Å². The number of rotatable bonds is 9. The van der Waals surface area contributed by atoms with Crippen molar-refractivity contribution >= 4 is 11.9 Å². The summed E-state index contributed by atoms with van der Waals surface area (Å²) in [7, 11) is 1.24. The van der Waals surface area contributed by atoms with E-state index in [1.165, 1.54) is 7.11 Å². The van der Waals surface area contributed by atoms with Crippen molar-refractivity contribution in [1.82, 2.24) is 5.32 Å². The fourth-order valence-electron chi connectivity index (χ4n) is 3.63. The molecule has 2 aromatic rings. The van der Waals surface area contributed by atoms with Crippen LogP contribution >= 0.6 is 0 Å². The van der Waals surface area contributed by atoms with E-state index in [1.807, 2.05) is 18.2 Å². The Morgan fingerprint density at radius 1 is 1.00 bits per heavy atom. The molecule has 0 fully saturated rings. The lowest BCUT2D eigenvalue weighted by atomic mass is 9.81. The van der Waals surface area contributed by atoms with E-state index < -0.39 is 17.9 Å². The monoisotopic (exact) mass is 462 g/mol. The minimum atomic E-state index is -0.898. The molecule has 1 unspecified atom stereocenters. The van der Waals surface area contributed by atoms with Crippen LogP contribution in [-0.2, 0) is 19.1 Å². The lowest BCUT2D eigenvalue weighted by Gasteiger charge is -2.30. The molecule has 0 bridgehead atoms. The summed E-state index contributed by atoms with van der Waals surface area (Å²) in [5.41, 5.74) is 7.39. The number of benzene rings is 2. The minimum absolute atomic E-state index is 0.000772. The molecule has 0 aromatic heterocycles. The summed E-state index contributed by atoms with van der Waals surface area (Å²) in [6, 6.07) is 16.1. The summed E-state index contributed by atoms with van der Waals surface area (Å²) in [5, 5.41) is 2.89. The van der Waals surface area contributed by atoms with Crippen LogP contribution in [-0.4, -0.2) is 38.9 Å². The van der Waals surface area contributed by atoms with Gasteiger partial charge in [-0.1, -0.05) is 42.3 Å². The maximum absolute atomic E-state index is 13.2. The van der Waals surface area contributed by atoms with Gasteiger partial charge < -0.3 is 30.0 Å². The Bertz CT molecular complexity index is 1150. The van der Waals surface area contributed by atoms with Crippen LogP contribution in [0.1, 0.15) is 18.4 Å². The number of hydrogen-bond donors (Lipinski definition) is 2. The number of para-hydroxylation sites is 2. The molecule has 3 N–H and O–H groups in total. The molecule has 0 spiro atoms. The van der Waals surface area contributed by atoms with E-state index in [0.717, 1.165) is 0 Å². The number of hydrogen-bond acceptors (Lipinski definition) is 8. The second kappa shape index (κ2) is 11.5. The number of terminal acetylenes is 1. The number of methoxy groups -OCH3 is 1. The van der Waals surface area contributed by atoms with Crippen molar-refractivity contribution in [3.63, 3.8) is 0 Å². The van der Waals surface area contributed by atoms with Gasteiger partial charge in [-0.15, -0.1) is 6.42 Å². The van der Waals surface area contributed by atoms with Gasteiger partial charge in [-0.05, 0) is 25.1 Å². The van der Waals surface area contributed by atoms with Gasteiger partial charge in [0.25, 0.3) is 0 Å². The zero-order valence-corrected chi connectivity index (χ0v) is 19.0. The second-order valence-corrected chi connectivity index (χ2v) is 7.24. The van der Waals surface area contributed by atoms with Crippen molar-refractivity contribution in [2.75, 3.05) is 26.9 Å². The molecule has 1 heterocycles. The van der Waals surface area contributed by atoms with Gasteiger partial charge in [0.2, 0.25) is 0 Å². The number of nitrogens with two attached hydrogens (primary N) is 1. The molecule has 0 radical (unpaired) electrons. The predicted octanol–water partition coefficient (Wildman–Crippen LogP) is 2.62. The van der Waals surface area contributed by atoms with Gasteiger partial charge in [0.05, 0.1) is 24.2 Å². The number of carbonyl (C=O) groups excluding carboxylic acids is 2. The van der Waals surface area contributed by atoms with Crippen LogP contribution < -0.4 is 20.5 Å². The zero-order chi connectivity index (χ0) is 24.5. The summed E-state index contributed by atoms with van der Waals surface area (Å²) in [6.45, 7) is 1.84. The number of ether oxygens (including phenoxy) is 4.